The van der Waals surface area contributed by atoms with Crippen molar-refractivity contribution in [3.8, 4) is 0 Å². The second-order valence-electron chi connectivity index (χ2n) is 7.98. The minimum atomic E-state index is -0.305. The van der Waals surface area contributed by atoms with E-state index in [2.05, 4.69) is 38.1 Å². The fourth-order valence-electron chi connectivity index (χ4n) is 4.73. The summed E-state index contributed by atoms with van der Waals surface area (Å²) < 4.78 is 0. The summed E-state index contributed by atoms with van der Waals surface area (Å²) >= 11 is 12.3. The van der Waals surface area contributed by atoms with Gasteiger partial charge in [-0.15, -0.1) is 0 Å². The molecule has 0 aliphatic carbocycles. The topological polar surface area (TPSA) is 23.5 Å². The molecule has 0 spiro atoms. The van der Waals surface area contributed by atoms with E-state index in [1.807, 2.05) is 48.5 Å². The average molecular weight is 434 g/mol. The van der Waals surface area contributed by atoms with Crippen LogP contribution in [0.2, 0.25) is 10.0 Å². The van der Waals surface area contributed by atoms with Crippen LogP contribution in [0.5, 0.6) is 0 Å². The fourth-order valence-corrected chi connectivity index (χ4v) is 4.98. The van der Waals surface area contributed by atoms with Crippen LogP contribution < -0.4 is 0 Å². The summed E-state index contributed by atoms with van der Waals surface area (Å²) in [5.74, 6) is 0. The second-order valence-corrected chi connectivity index (χ2v) is 8.85. The quantitative estimate of drug-likeness (QED) is 0.350. The first-order chi connectivity index (χ1) is 14.5. The molecule has 2 unspecified atom stereocenters. The highest BCUT2D eigenvalue weighted by Crippen LogP contribution is 2.49. The Kier molecular flexibility index (Phi) is 4.83. The Morgan fingerprint density at radius 2 is 1.03 bits per heavy atom. The third-order valence-corrected chi connectivity index (χ3v) is 6.65. The smallest absolute Gasteiger partial charge is 0.0869 e. The normalized spacial score (nSPS) is 18.7. The van der Waals surface area contributed by atoms with E-state index >= 15 is 0 Å². The Morgan fingerprint density at radius 3 is 1.43 bits per heavy atom. The molecular formula is C26H21Cl2NO. The van der Waals surface area contributed by atoms with Gasteiger partial charge in [0.25, 0.3) is 0 Å². The van der Waals surface area contributed by atoms with Gasteiger partial charge in [-0.1, -0.05) is 71.7 Å². The largest absolute Gasteiger partial charge is 0.312 e. The predicted molar refractivity (Wildman–Crippen MR) is 124 cm³/mol. The molecule has 150 valence electrons. The summed E-state index contributed by atoms with van der Waals surface area (Å²) in [6, 6.07) is 23.5. The van der Waals surface area contributed by atoms with Gasteiger partial charge in [0.2, 0.25) is 0 Å². The van der Waals surface area contributed by atoms with Crippen molar-refractivity contribution in [2.24, 2.45) is 0 Å². The lowest BCUT2D eigenvalue weighted by molar-refractivity contribution is -0.144. The zero-order valence-electron chi connectivity index (χ0n) is 16.7. The fraction of sp³-hybridized carbons (Fsp3) is 0.154. The molecule has 0 radical (unpaired) electrons. The van der Waals surface area contributed by atoms with Crippen LogP contribution in [0.25, 0.3) is 10.8 Å². The van der Waals surface area contributed by atoms with Crippen LogP contribution in [0.4, 0.5) is 0 Å². The van der Waals surface area contributed by atoms with Crippen molar-refractivity contribution in [2.75, 3.05) is 0 Å². The maximum Gasteiger partial charge on any atom is 0.0869 e. The van der Waals surface area contributed by atoms with Gasteiger partial charge in [0.1, 0.15) is 0 Å². The molecule has 0 fully saturated rings. The van der Waals surface area contributed by atoms with Crippen LogP contribution in [0.1, 0.15) is 45.5 Å². The molecule has 1 aliphatic rings. The minimum absolute atomic E-state index is 0.305. The zero-order chi connectivity index (χ0) is 21.0. The van der Waals surface area contributed by atoms with Crippen molar-refractivity contribution >= 4 is 34.0 Å². The molecule has 4 heteroatoms. The van der Waals surface area contributed by atoms with E-state index in [9.17, 15) is 5.21 Å². The summed E-state index contributed by atoms with van der Waals surface area (Å²) in [4.78, 5) is 0. The number of aryl methyl sites for hydroxylation is 2. The molecule has 1 N–H and O–H groups in total. The van der Waals surface area contributed by atoms with Gasteiger partial charge >= 0.3 is 0 Å². The first kappa shape index (κ1) is 19.6. The zero-order valence-corrected chi connectivity index (χ0v) is 18.2. The predicted octanol–water partition coefficient (Wildman–Crippen LogP) is 7.65. The van der Waals surface area contributed by atoms with Crippen molar-refractivity contribution < 1.29 is 5.21 Å². The average Bonchev–Trinajstić information content (AvgIpc) is 2.74. The highest BCUT2D eigenvalue weighted by molar-refractivity contribution is 6.30. The number of hydroxylamine groups is 2. The lowest BCUT2D eigenvalue weighted by atomic mass is 9.78. The van der Waals surface area contributed by atoms with Crippen molar-refractivity contribution in [1.29, 1.82) is 0 Å². The number of hydrogen-bond acceptors (Lipinski definition) is 2. The van der Waals surface area contributed by atoms with Gasteiger partial charge in [-0.05, 0) is 82.3 Å². The number of benzene rings is 4. The number of rotatable bonds is 2. The SMILES string of the molecule is Cc1ccc2ccc(C)c3c2c1C(c1ccc(Cl)cc1)N(O)C3c1ccc(Cl)cc1. The first-order valence-electron chi connectivity index (χ1n) is 9.96. The monoisotopic (exact) mass is 433 g/mol. The van der Waals surface area contributed by atoms with E-state index in [-0.39, 0.29) is 12.1 Å². The van der Waals surface area contributed by atoms with Crippen LogP contribution in [0.15, 0.2) is 72.8 Å². The molecule has 0 saturated carbocycles. The lowest BCUT2D eigenvalue weighted by Crippen LogP contribution is -2.36. The van der Waals surface area contributed by atoms with Crippen molar-refractivity contribution in [3.63, 3.8) is 0 Å². The van der Waals surface area contributed by atoms with Crippen LogP contribution in [0, 0.1) is 13.8 Å². The minimum Gasteiger partial charge on any atom is -0.312 e. The Bertz CT molecular complexity index is 1150. The van der Waals surface area contributed by atoms with Gasteiger partial charge in [-0.2, -0.15) is 5.06 Å². The molecule has 0 aromatic heterocycles. The maximum atomic E-state index is 11.7. The maximum absolute atomic E-state index is 11.7. The van der Waals surface area contributed by atoms with Gasteiger partial charge in [0.05, 0.1) is 12.1 Å². The van der Waals surface area contributed by atoms with Crippen LogP contribution in [0.3, 0.4) is 0 Å². The summed E-state index contributed by atoms with van der Waals surface area (Å²) in [5, 5.41) is 16.9. The van der Waals surface area contributed by atoms with E-state index in [4.69, 9.17) is 23.2 Å². The third-order valence-electron chi connectivity index (χ3n) is 6.15. The molecule has 2 nitrogen and oxygen atoms in total. The lowest BCUT2D eigenvalue weighted by Gasteiger charge is -2.41. The molecule has 2 atom stereocenters. The molecule has 4 aromatic carbocycles. The van der Waals surface area contributed by atoms with Gasteiger partial charge in [0.15, 0.2) is 0 Å². The van der Waals surface area contributed by atoms with Gasteiger partial charge in [0, 0.05) is 10.0 Å². The molecule has 1 aliphatic heterocycles. The van der Waals surface area contributed by atoms with E-state index in [1.54, 1.807) is 0 Å². The van der Waals surface area contributed by atoms with Gasteiger partial charge in [-0.25, -0.2) is 0 Å². The van der Waals surface area contributed by atoms with E-state index < -0.39 is 0 Å². The molecule has 0 bridgehead atoms. The highest BCUT2D eigenvalue weighted by Gasteiger charge is 2.38. The van der Waals surface area contributed by atoms with Gasteiger partial charge < -0.3 is 5.21 Å². The van der Waals surface area contributed by atoms with Crippen molar-refractivity contribution in [3.05, 3.63) is 116 Å². The second kappa shape index (κ2) is 7.40. The number of nitrogens with zero attached hydrogens (tertiary/aromatic N) is 1. The third kappa shape index (κ3) is 3.03. The Balaban J connectivity index is 1.86. The Morgan fingerprint density at radius 1 is 0.633 bits per heavy atom. The van der Waals surface area contributed by atoms with Gasteiger partial charge in [-0.3, -0.25) is 0 Å². The number of hydrogen-bond donors (Lipinski definition) is 1. The summed E-state index contributed by atoms with van der Waals surface area (Å²) in [6.45, 7) is 4.22. The molecular weight excluding hydrogens is 413 g/mol. The summed E-state index contributed by atoms with van der Waals surface area (Å²) in [7, 11) is 0. The summed E-state index contributed by atoms with van der Waals surface area (Å²) in [5.41, 5.74) is 6.60. The highest BCUT2D eigenvalue weighted by atomic mass is 35.5. The standard InChI is InChI=1S/C26H21Cl2NO/c1-15-3-5-17-6-4-16(2)23-24(17)22(15)25(18-7-11-20(27)12-8-18)29(30)26(23)19-9-13-21(28)14-10-19/h3-14,25-26,30H,1-2H3. The molecule has 0 saturated heterocycles. The molecule has 0 amide bonds. The van der Waals surface area contributed by atoms with E-state index in [0.29, 0.717) is 10.0 Å². The molecule has 1 heterocycles. The van der Waals surface area contributed by atoms with Crippen LogP contribution in [-0.4, -0.2) is 10.3 Å². The Labute approximate surface area is 186 Å². The first-order valence-corrected chi connectivity index (χ1v) is 10.7. The molecule has 5 rings (SSSR count). The summed E-state index contributed by atoms with van der Waals surface area (Å²) in [6.07, 6.45) is 0. The van der Waals surface area contributed by atoms with Crippen molar-refractivity contribution in [1.82, 2.24) is 5.06 Å². The molecule has 4 aromatic rings. The van der Waals surface area contributed by atoms with Crippen LogP contribution in [-0.2, 0) is 0 Å². The molecule has 30 heavy (non-hydrogen) atoms. The van der Waals surface area contributed by atoms with E-state index in [0.717, 1.165) is 33.4 Å². The van der Waals surface area contributed by atoms with Crippen molar-refractivity contribution in [2.45, 2.75) is 25.9 Å². The Hall–Kier alpha value is -2.36. The van der Waals surface area contributed by atoms with Crippen LogP contribution >= 0.6 is 23.2 Å². The van der Waals surface area contributed by atoms with E-state index in [1.165, 1.54) is 15.8 Å². The number of halogens is 2.